The number of benzene rings is 1. The molecule has 0 saturated heterocycles. The van der Waals surface area contributed by atoms with Crippen LogP contribution in [0.5, 0.6) is 0 Å². The van der Waals surface area contributed by atoms with Gasteiger partial charge in [-0.15, -0.1) is 21.5 Å². The van der Waals surface area contributed by atoms with Crippen LogP contribution in [0.25, 0.3) is 5.00 Å². The minimum atomic E-state index is -0.0763. The topological polar surface area (TPSA) is 72.2 Å². The highest BCUT2D eigenvalue weighted by molar-refractivity contribution is 7.15. The number of carbonyl (C=O) groups excluding carboxylic acids is 1. The van der Waals surface area contributed by atoms with Gasteiger partial charge in [0.05, 0.1) is 5.71 Å². The van der Waals surface area contributed by atoms with Gasteiger partial charge in [-0.05, 0) is 59.2 Å². The van der Waals surface area contributed by atoms with Crippen LogP contribution in [0.2, 0.25) is 5.02 Å². The van der Waals surface area contributed by atoms with Crippen molar-refractivity contribution in [1.82, 2.24) is 20.1 Å². The number of hydrogen-bond donors (Lipinski definition) is 1. The van der Waals surface area contributed by atoms with E-state index >= 15 is 0 Å². The average molecular weight is 472 g/mol. The first-order valence-corrected chi connectivity index (χ1v) is 11.8. The van der Waals surface area contributed by atoms with Crippen LogP contribution in [0.4, 0.5) is 0 Å². The number of carbonyl (C=O) groups is 1. The fraction of sp³-hybridized carbons (Fsp3) is 0.417. The number of aromatic nitrogens is 3. The lowest BCUT2D eigenvalue weighted by atomic mass is 10.00. The molecule has 0 spiro atoms. The van der Waals surface area contributed by atoms with Crippen LogP contribution in [-0.4, -0.2) is 31.9 Å². The number of amides is 1. The molecule has 6 nitrogen and oxygen atoms in total. The first kappa shape index (κ1) is 24.1. The maximum atomic E-state index is 10.7. The van der Waals surface area contributed by atoms with E-state index in [1.165, 1.54) is 16.0 Å². The maximum Gasteiger partial charge on any atom is 0.220 e. The lowest BCUT2D eigenvalue weighted by Crippen LogP contribution is -2.40. The van der Waals surface area contributed by atoms with E-state index in [-0.39, 0.29) is 11.4 Å². The zero-order valence-corrected chi connectivity index (χ0v) is 21.3. The summed E-state index contributed by atoms with van der Waals surface area (Å²) in [5.74, 6) is 1.89. The number of hydrogen-bond acceptors (Lipinski definition) is 5. The van der Waals surface area contributed by atoms with Crippen molar-refractivity contribution in [3.05, 3.63) is 62.5 Å². The minimum Gasteiger partial charge on any atom is -0.352 e. The van der Waals surface area contributed by atoms with Crippen LogP contribution < -0.4 is 5.32 Å². The number of nitrogens with one attached hydrogen (secondary N) is 1. The number of aryl methyl sites for hydroxylation is 2. The van der Waals surface area contributed by atoms with Gasteiger partial charge in [0.1, 0.15) is 17.4 Å². The molecule has 1 aliphatic heterocycles. The molecule has 32 heavy (non-hydrogen) atoms. The van der Waals surface area contributed by atoms with Crippen molar-refractivity contribution in [2.45, 2.75) is 67.0 Å². The van der Waals surface area contributed by atoms with Crippen molar-refractivity contribution in [3.63, 3.8) is 0 Å². The second kappa shape index (κ2) is 9.55. The van der Waals surface area contributed by atoms with Gasteiger partial charge in [0.25, 0.3) is 0 Å². The Hall–Kier alpha value is -2.51. The molecule has 1 aromatic carbocycles. The van der Waals surface area contributed by atoms with Gasteiger partial charge >= 0.3 is 0 Å². The summed E-state index contributed by atoms with van der Waals surface area (Å²) in [5, 5.41) is 13.2. The largest absolute Gasteiger partial charge is 0.352 e. The van der Waals surface area contributed by atoms with Crippen LogP contribution in [0.15, 0.2) is 29.3 Å². The van der Waals surface area contributed by atoms with Crippen molar-refractivity contribution in [3.8, 4) is 5.00 Å². The minimum absolute atomic E-state index is 0.0763. The van der Waals surface area contributed by atoms with Crippen molar-refractivity contribution in [2.24, 2.45) is 4.99 Å². The highest BCUT2D eigenvalue weighted by Crippen LogP contribution is 2.36. The number of thiophene rings is 1. The van der Waals surface area contributed by atoms with Crippen molar-refractivity contribution in [2.75, 3.05) is 0 Å². The molecule has 0 radical (unpaired) electrons. The third-order valence-electron chi connectivity index (χ3n) is 5.03. The molecule has 2 aromatic heterocycles. The fourth-order valence-electron chi connectivity index (χ4n) is 3.40. The summed E-state index contributed by atoms with van der Waals surface area (Å²) in [6, 6.07) is 7.86. The monoisotopic (exact) mass is 471 g/mol. The van der Waals surface area contributed by atoms with E-state index in [9.17, 15) is 4.79 Å². The summed E-state index contributed by atoms with van der Waals surface area (Å²) < 4.78 is 2.13. The Morgan fingerprint density at radius 3 is 2.38 bits per heavy atom. The molecule has 170 valence electrons. The van der Waals surface area contributed by atoms with E-state index in [4.69, 9.17) is 16.6 Å². The summed E-state index contributed by atoms with van der Waals surface area (Å²) in [6.07, 6.45) is 0.567. The van der Waals surface area contributed by atoms with Crippen LogP contribution in [0.3, 0.4) is 0 Å². The molecular weight excluding hydrogens is 442 g/mol. The lowest BCUT2D eigenvalue weighted by Gasteiger charge is -2.19. The third-order valence-corrected chi connectivity index (χ3v) is 6.47. The zero-order chi connectivity index (χ0) is 23.6. The summed E-state index contributed by atoms with van der Waals surface area (Å²) >= 11 is 7.80. The van der Waals surface area contributed by atoms with Crippen LogP contribution in [-0.2, 0) is 11.3 Å². The van der Waals surface area contributed by atoms with Crippen molar-refractivity contribution < 1.29 is 4.79 Å². The van der Waals surface area contributed by atoms with Crippen molar-refractivity contribution >= 4 is 34.6 Å². The van der Waals surface area contributed by atoms with Crippen LogP contribution in [0, 0.1) is 20.8 Å². The van der Waals surface area contributed by atoms with Gasteiger partial charge in [-0.2, -0.15) is 0 Å². The van der Waals surface area contributed by atoms with Crippen LogP contribution >= 0.6 is 22.9 Å². The molecule has 0 fully saturated rings. The number of aliphatic imine (C=N–C) groups is 1. The first-order chi connectivity index (χ1) is 15.0. The molecule has 0 saturated carbocycles. The van der Waals surface area contributed by atoms with Crippen molar-refractivity contribution in [1.29, 1.82) is 0 Å². The predicted molar refractivity (Wildman–Crippen MR) is 132 cm³/mol. The SMILES string of the molecule is CCC(=O)NC(C)(C)C.Cc1sc2c(c1C)C(c1ccc(Cl)cc1)=NCc1nnc(C)n1-2. The summed E-state index contributed by atoms with van der Waals surface area (Å²) in [4.78, 5) is 16.9. The van der Waals surface area contributed by atoms with Gasteiger partial charge in [0, 0.05) is 33.0 Å². The van der Waals surface area contributed by atoms with E-state index in [0.29, 0.717) is 13.0 Å². The molecule has 0 unspecified atom stereocenters. The molecule has 3 heterocycles. The van der Waals surface area contributed by atoms with Gasteiger partial charge in [-0.1, -0.05) is 30.7 Å². The highest BCUT2D eigenvalue weighted by Gasteiger charge is 2.26. The summed E-state index contributed by atoms with van der Waals surface area (Å²) in [5.41, 5.74) is 4.44. The number of nitrogens with zero attached hydrogens (tertiary/aromatic N) is 4. The standard InChI is InChI=1S/C17H15ClN4S.C7H15NO/c1-9-10(2)23-17-15(9)16(12-4-6-13(18)7-5-12)19-8-14-21-20-11(3)22(14)17;1-5-6(9)8-7(2,3)4/h4-7H,8H2,1-3H3;5H2,1-4H3,(H,8,9). The van der Waals surface area contributed by atoms with Gasteiger partial charge in [0.2, 0.25) is 5.91 Å². The molecular formula is C24H30ClN5OS. The van der Waals surface area contributed by atoms with Gasteiger partial charge in [-0.25, -0.2) is 0 Å². The molecule has 0 aliphatic carbocycles. The Balaban J connectivity index is 0.000000275. The second-order valence-corrected chi connectivity index (χ2v) is 10.4. The normalized spacial score (nSPS) is 12.7. The van der Waals surface area contributed by atoms with E-state index in [0.717, 1.165) is 32.9 Å². The molecule has 0 bridgehead atoms. The van der Waals surface area contributed by atoms with Gasteiger partial charge in [0.15, 0.2) is 5.82 Å². The zero-order valence-electron chi connectivity index (χ0n) is 19.7. The Labute approximate surface area is 198 Å². The molecule has 1 N–H and O–H groups in total. The third kappa shape index (κ3) is 5.27. The quantitative estimate of drug-likeness (QED) is 0.531. The van der Waals surface area contributed by atoms with Gasteiger partial charge < -0.3 is 5.32 Å². The Kier molecular flexibility index (Phi) is 7.20. The molecule has 4 rings (SSSR count). The summed E-state index contributed by atoms with van der Waals surface area (Å²) in [6.45, 7) is 14.6. The molecule has 1 amide bonds. The average Bonchev–Trinajstić information content (AvgIpc) is 3.16. The second-order valence-electron chi connectivity index (χ2n) is 8.79. The lowest BCUT2D eigenvalue weighted by molar-refractivity contribution is -0.122. The molecule has 3 aromatic rings. The Morgan fingerprint density at radius 2 is 1.81 bits per heavy atom. The Bertz CT molecular complexity index is 1150. The first-order valence-electron chi connectivity index (χ1n) is 10.6. The highest BCUT2D eigenvalue weighted by atomic mass is 35.5. The summed E-state index contributed by atoms with van der Waals surface area (Å²) in [7, 11) is 0. The smallest absolute Gasteiger partial charge is 0.220 e. The molecule has 8 heteroatoms. The van der Waals surface area contributed by atoms with E-state index in [1.54, 1.807) is 11.3 Å². The number of fused-ring (bicyclic) bond motifs is 3. The van der Waals surface area contributed by atoms with E-state index in [1.807, 2.05) is 58.9 Å². The Morgan fingerprint density at radius 1 is 1.16 bits per heavy atom. The predicted octanol–water partition coefficient (Wildman–Crippen LogP) is 5.57. The number of halogens is 1. The van der Waals surface area contributed by atoms with Gasteiger partial charge in [-0.3, -0.25) is 14.4 Å². The fourth-order valence-corrected chi connectivity index (χ4v) is 4.75. The maximum absolute atomic E-state index is 10.7. The van der Waals surface area contributed by atoms with E-state index in [2.05, 4.69) is 33.9 Å². The van der Waals surface area contributed by atoms with E-state index < -0.39 is 0 Å². The van der Waals surface area contributed by atoms with Crippen LogP contribution in [0.1, 0.15) is 67.3 Å². The molecule has 1 aliphatic rings. The number of rotatable bonds is 2. The molecule has 0 atom stereocenters.